The van der Waals surface area contributed by atoms with Crippen LogP contribution in [0.1, 0.15) is 43.0 Å². The smallest absolute Gasteiger partial charge is 0.249 e. The number of amides is 1. The predicted octanol–water partition coefficient (Wildman–Crippen LogP) is 2.55. The number of nitrogens with one attached hydrogen (secondary N) is 1. The molecule has 2 heterocycles. The predicted molar refractivity (Wildman–Crippen MR) is 92.9 cm³/mol. The maximum atomic E-state index is 12.4. The lowest BCUT2D eigenvalue weighted by Crippen LogP contribution is -2.38. The maximum absolute atomic E-state index is 12.4. The molecule has 1 fully saturated rings. The zero-order valence-corrected chi connectivity index (χ0v) is 14.4. The minimum absolute atomic E-state index is 0.00699. The van der Waals surface area contributed by atoms with E-state index in [0.29, 0.717) is 6.61 Å². The number of methoxy groups -OCH3 is 1. The molecule has 1 aliphatic heterocycles. The van der Waals surface area contributed by atoms with Crippen molar-refractivity contribution in [2.24, 2.45) is 0 Å². The second kappa shape index (κ2) is 6.88. The van der Waals surface area contributed by atoms with E-state index >= 15 is 0 Å². The summed E-state index contributed by atoms with van der Waals surface area (Å²) in [6.07, 6.45) is 6.32. The van der Waals surface area contributed by atoms with E-state index in [1.807, 2.05) is 35.1 Å². The third kappa shape index (κ3) is 3.14. The van der Waals surface area contributed by atoms with Crippen LogP contribution in [0.2, 0.25) is 0 Å². The number of hydrogen-bond acceptors (Lipinski definition) is 4. The first-order valence-electron chi connectivity index (χ1n) is 8.89. The average Bonchev–Trinajstić information content (AvgIpc) is 3.32. The number of ether oxygens (including phenoxy) is 2. The molecule has 2 aliphatic rings. The van der Waals surface area contributed by atoms with Crippen molar-refractivity contribution in [2.45, 2.75) is 44.2 Å². The summed E-state index contributed by atoms with van der Waals surface area (Å²) < 4.78 is 12.7. The van der Waals surface area contributed by atoms with Gasteiger partial charge >= 0.3 is 0 Å². The Morgan fingerprint density at radius 2 is 2.12 bits per heavy atom. The Hall–Kier alpha value is -2.34. The van der Waals surface area contributed by atoms with Crippen molar-refractivity contribution in [1.29, 1.82) is 0 Å². The van der Waals surface area contributed by atoms with Gasteiger partial charge in [0, 0.05) is 17.9 Å². The molecule has 2 aromatic rings. The van der Waals surface area contributed by atoms with Crippen LogP contribution >= 0.6 is 0 Å². The molecule has 2 atom stereocenters. The summed E-state index contributed by atoms with van der Waals surface area (Å²) >= 11 is 0. The van der Waals surface area contributed by atoms with Crippen LogP contribution in [0.25, 0.3) is 5.69 Å². The second-order valence-electron chi connectivity index (χ2n) is 6.61. The molecule has 1 N–H and O–H groups in total. The third-order valence-electron chi connectivity index (χ3n) is 5.04. The Morgan fingerprint density at radius 1 is 1.28 bits per heavy atom. The highest BCUT2D eigenvalue weighted by Gasteiger charge is 2.30. The van der Waals surface area contributed by atoms with Gasteiger partial charge in [-0.25, -0.2) is 4.68 Å². The molecular weight excluding hydrogens is 318 g/mol. The van der Waals surface area contributed by atoms with Crippen molar-refractivity contribution in [2.75, 3.05) is 13.7 Å². The number of nitrogens with zero attached hydrogens (tertiary/aromatic N) is 2. The summed E-state index contributed by atoms with van der Waals surface area (Å²) in [5.41, 5.74) is 3.30. The molecule has 1 aromatic heterocycles. The number of carbonyl (C=O) groups is 1. The first-order chi connectivity index (χ1) is 12.3. The highest BCUT2D eigenvalue weighted by atomic mass is 16.5. The summed E-state index contributed by atoms with van der Waals surface area (Å²) in [5.74, 6) is 0.832. The van der Waals surface area contributed by atoms with Gasteiger partial charge in [-0.1, -0.05) is 0 Å². The quantitative estimate of drug-likeness (QED) is 0.928. The second-order valence-corrected chi connectivity index (χ2v) is 6.61. The zero-order chi connectivity index (χ0) is 17.2. The Bertz CT molecular complexity index is 748. The van der Waals surface area contributed by atoms with Crippen LogP contribution < -0.4 is 10.1 Å². The molecule has 1 aromatic carbocycles. The van der Waals surface area contributed by atoms with E-state index in [1.165, 1.54) is 5.69 Å². The number of fused-ring (bicyclic) bond motifs is 1. The zero-order valence-electron chi connectivity index (χ0n) is 14.4. The van der Waals surface area contributed by atoms with Gasteiger partial charge in [0.15, 0.2) is 0 Å². The Morgan fingerprint density at radius 3 is 2.84 bits per heavy atom. The van der Waals surface area contributed by atoms with Gasteiger partial charge in [0.1, 0.15) is 11.9 Å². The molecule has 6 nitrogen and oxygen atoms in total. The lowest BCUT2D eigenvalue weighted by molar-refractivity contribution is -0.130. The summed E-state index contributed by atoms with van der Waals surface area (Å²) in [7, 11) is 1.66. The standard InChI is InChI=1S/C19H23N3O3/c1-24-14-9-7-13(8-10-14)22-17-5-2-4-16(15(17)12-20-22)21-19(23)18-6-3-11-25-18/h7-10,12,16,18H,2-6,11H2,1H3,(H,21,23)/t16-,18-/m1/s1. The first-order valence-corrected chi connectivity index (χ1v) is 8.89. The topological polar surface area (TPSA) is 65.4 Å². The molecule has 25 heavy (non-hydrogen) atoms. The lowest BCUT2D eigenvalue weighted by Gasteiger charge is -2.25. The van der Waals surface area contributed by atoms with E-state index < -0.39 is 0 Å². The summed E-state index contributed by atoms with van der Waals surface area (Å²) in [6.45, 7) is 0.684. The fourth-order valence-corrected chi connectivity index (χ4v) is 3.70. The van der Waals surface area contributed by atoms with Crippen molar-refractivity contribution in [3.63, 3.8) is 0 Å². The highest BCUT2D eigenvalue weighted by molar-refractivity contribution is 5.81. The van der Waals surface area contributed by atoms with E-state index in [-0.39, 0.29) is 18.1 Å². The molecule has 1 amide bonds. The average molecular weight is 341 g/mol. The fourth-order valence-electron chi connectivity index (χ4n) is 3.70. The van der Waals surface area contributed by atoms with E-state index in [2.05, 4.69) is 10.4 Å². The molecule has 132 valence electrons. The summed E-state index contributed by atoms with van der Waals surface area (Å²) in [4.78, 5) is 12.4. The van der Waals surface area contributed by atoms with Crippen molar-refractivity contribution in [3.8, 4) is 11.4 Å². The largest absolute Gasteiger partial charge is 0.497 e. The number of benzene rings is 1. The first kappa shape index (κ1) is 16.1. The number of carbonyl (C=O) groups excluding carboxylic acids is 1. The van der Waals surface area contributed by atoms with Gasteiger partial charge < -0.3 is 14.8 Å². The Kier molecular flexibility index (Phi) is 4.44. The van der Waals surface area contributed by atoms with Crippen molar-refractivity contribution >= 4 is 5.91 Å². The van der Waals surface area contributed by atoms with Gasteiger partial charge in [-0.2, -0.15) is 5.10 Å². The van der Waals surface area contributed by atoms with Crippen LogP contribution in [0.15, 0.2) is 30.5 Å². The summed E-state index contributed by atoms with van der Waals surface area (Å²) in [6, 6.07) is 7.89. The normalized spacial score (nSPS) is 22.4. The monoisotopic (exact) mass is 341 g/mol. The van der Waals surface area contributed by atoms with Crippen LogP contribution in [-0.4, -0.2) is 35.5 Å². The van der Waals surface area contributed by atoms with Crippen LogP contribution in [0.4, 0.5) is 0 Å². The van der Waals surface area contributed by atoms with E-state index in [0.717, 1.165) is 49.1 Å². The lowest BCUT2D eigenvalue weighted by atomic mass is 9.92. The maximum Gasteiger partial charge on any atom is 0.249 e. The number of aromatic nitrogens is 2. The van der Waals surface area contributed by atoms with Crippen molar-refractivity contribution in [3.05, 3.63) is 41.7 Å². The van der Waals surface area contributed by atoms with Gasteiger partial charge in [-0.3, -0.25) is 4.79 Å². The Balaban J connectivity index is 1.56. The van der Waals surface area contributed by atoms with Gasteiger partial charge in [0.2, 0.25) is 5.91 Å². The van der Waals surface area contributed by atoms with Crippen LogP contribution in [0.5, 0.6) is 5.75 Å². The number of rotatable bonds is 4. The molecule has 0 spiro atoms. The molecule has 4 rings (SSSR count). The van der Waals surface area contributed by atoms with E-state index in [9.17, 15) is 4.79 Å². The minimum Gasteiger partial charge on any atom is -0.497 e. The molecule has 1 aliphatic carbocycles. The van der Waals surface area contributed by atoms with Crippen molar-refractivity contribution in [1.82, 2.24) is 15.1 Å². The summed E-state index contributed by atoms with van der Waals surface area (Å²) in [5, 5.41) is 7.73. The van der Waals surface area contributed by atoms with Gasteiger partial charge in [-0.15, -0.1) is 0 Å². The third-order valence-corrected chi connectivity index (χ3v) is 5.04. The van der Waals surface area contributed by atoms with Gasteiger partial charge in [-0.05, 0) is 56.4 Å². The molecule has 0 bridgehead atoms. The van der Waals surface area contributed by atoms with Gasteiger partial charge in [0.25, 0.3) is 0 Å². The molecule has 1 saturated heterocycles. The minimum atomic E-state index is -0.290. The fraction of sp³-hybridized carbons (Fsp3) is 0.474. The molecular formula is C19H23N3O3. The Labute approximate surface area is 147 Å². The molecule has 0 radical (unpaired) electrons. The molecule has 6 heteroatoms. The van der Waals surface area contributed by atoms with Crippen LogP contribution in [0.3, 0.4) is 0 Å². The molecule has 0 unspecified atom stereocenters. The van der Waals surface area contributed by atoms with Crippen LogP contribution in [0, 0.1) is 0 Å². The molecule has 0 saturated carbocycles. The SMILES string of the molecule is COc1ccc(-n2ncc3c2CCC[C@H]3NC(=O)[C@H]2CCCO2)cc1. The van der Waals surface area contributed by atoms with E-state index in [4.69, 9.17) is 9.47 Å². The van der Waals surface area contributed by atoms with Crippen molar-refractivity contribution < 1.29 is 14.3 Å². The number of hydrogen-bond donors (Lipinski definition) is 1. The van der Waals surface area contributed by atoms with E-state index in [1.54, 1.807) is 7.11 Å². The van der Waals surface area contributed by atoms with Gasteiger partial charge in [0.05, 0.1) is 25.0 Å². The highest BCUT2D eigenvalue weighted by Crippen LogP contribution is 2.31. The van der Waals surface area contributed by atoms with Crippen LogP contribution in [-0.2, 0) is 16.0 Å².